The van der Waals surface area contributed by atoms with E-state index in [0.29, 0.717) is 33.3 Å². The average molecular weight is 850 g/mol. The van der Waals surface area contributed by atoms with E-state index in [9.17, 15) is 29.2 Å². The molecule has 1 fully saturated rings. The second-order valence-corrected chi connectivity index (χ2v) is 15.2. The molecule has 4 aromatic carbocycles. The molecule has 59 heavy (non-hydrogen) atoms. The number of aliphatic hydroxyl groups is 1. The van der Waals surface area contributed by atoms with Crippen LogP contribution in [0.3, 0.4) is 0 Å². The van der Waals surface area contributed by atoms with Gasteiger partial charge in [-0.15, -0.1) is 0 Å². The molecule has 1 saturated heterocycles. The number of nitriles is 1. The van der Waals surface area contributed by atoms with Crippen molar-refractivity contribution < 1.29 is 49.2 Å². The highest BCUT2D eigenvalue weighted by Gasteiger charge is 2.41. The van der Waals surface area contributed by atoms with Gasteiger partial charge < -0.3 is 30.2 Å². The van der Waals surface area contributed by atoms with E-state index < -0.39 is 36.4 Å². The molecule has 5 rings (SSSR count). The summed E-state index contributed by atoms with van der Waals surface area (Å²) < 4.78 is 0. The maximum atomic E-state index is 13.9. The molecule has 0 aliphatic carbocycles. The molecular weight excluding hydrogens is 803 g/mol. The van der Waals surface area contributed by atoms with Gasteiger partial charge in [-0.2, -0.15) is 5.26 Å². The lowest BCUT2D eigenvalue weighted by Crippen LogP contribution is -2.42. The third kappa shape index (κ3) is 12.2. The summed E-state index contributed by atoms with van der Waals surface area (Å²) in [4.78, 5) is 66.6. The van der Waals surface area contributed by atoms with Crippen LogP contribution in [0.4, 0.5) is 0 Å². The minimum Gasteiger partial charge on any atom is -0.481 e. The number of carbonyl (C=O) groups excluding carboxylic acids is 2. The summed E-state index contributed by atoms with van der Waals surface area (Å²) in [5.41, 5.74) is 1.01. The predicted molar refractivity (Wildman–Crippen MR) is 220 cm³/mol. The molecule has 1 heterocycles. The van der Waals surface area contributed by atoms with E-state index in [1.165, 1.54) is 12.2 Å². The van der Waals surface area contributed by atoms with Crippen molar-refractivity contribution >= 4 is 63.7 Å². The smallest absolute Gasteiger partial charge is 0.336 e. The highest BCUT2D eigenvalue weighted by molar-refractivity contribution is 6.42. The van der Waals surface area contributed by atoms with Crippen LogP contribution < -0.4 is 0 Å². The van der Waals surface area contributed by atoms with Gasteiger partial charge in [0.15, 0.2) is 5.60 Å². The zero-order valence-corrected chi connectivity index (χ0v) is 34.3. The van der Waals surface area contributed by atoms with E-state index in [-0.39, 0.29) is 23.7 Å². The van der Waals surface area contributed by atoms with Gasteiger partial charge in [0, 0.05) is 37.7 Å². The minimum absolute atomic E-state index is 0.00906. The number of hydrogen-bond acceptors (Lipinski definition) is 9. The number of amides is 2. The van der Waals surface area contributed by atoms with Crippen LogP contribution >= 0.6 is 23.2 Å². The standard InChI is InChI=1S/C37H38Cl2N4O3.C6H8O7/c1-41(36(44)33-21-25(23-40)20-28-8-4-5-10-31(28)33)24-29(27-12-13-34(38)35(39)22-27)16-19-43-17-14-26(15-18-43)30-9-6-7-11-32(30)37(45)42(2)46-3;7-3(8)1-6(13,5(11)12)2-4(9)10/h4-13,20-22,26,29H,14-19,24H2,1-3H3;13H,1-2H2,(H,7,8)(H,9,10)(H,11,12)/t29-;/m1./s1. The summed E-state index contributed by atoms with van der Waals surface area (Å²) in [7, 11) is 4.93. The first-order valence-electron chi connectivity index (χ1n) is 18.6. The molecule has 0 unspecified atom stereocenters. The Balaban J connectivity index is 0.000000509. The average Bonchev–Trinajstić information content (AvgIpc) is 3.21. The van der Waals surface area contributed by atoms with Gasteiger partial charge in [-0.1, -0.05) is 71.7 Å². The quantitative estimate of drug-likeness (QED) is 0.0942. The highest BCUT2D eigenvalue weighted by Crippen LogP contribution is 2.33. The summed E-state index contributed by atoms with van der Waals surface area (Å²) in [5.74, 6) is -5.00. The number of hydroxylamine groups is 2. The molecule has 0 aromatic heterocycles. The molecule has 2 amide bonds. The van der Waals surface area contributed by atoms with Gasteiger partial charge in [-0.05, 0) is 97.0 Å². The van der Waals surface area contributed by atoms with Crippen molar-refractivity contribution in [3.8, 4) is 6.07 Å². The predicted octanol–water partition coefficient (Wildman–Crippen LogP) is 6.53. The van der Waals surface area contributed by atoms with Gasteiger partial charge >= 0.3 is 17.9 Å². The highest BCUT2D eigenvalue weighted by atomic mass is 35.5. The summed E-state index contributed by atoms with van der Waals surface area (Å²) in [6.45, 7) is 3.13. The number of piperidine rings is 1. The fraction of sp³-hybridized carbons (Fsp3) is 0.349. The van der Waals surface area contributed by atoms with Crippen molar-refractivity contribution in [1.82, 2.24) is 14.9 Å². The van der Waals surface area contributed by atoms with Crippen molar-refractivity contribution in [3.05, 3.63) is 117 Å². The van der Waals surface area contributed by atoms with Crippen molar-refractivity contribution in [1.29, 1.82) is 5.26 Å². The summed E-state index contributed by atoms with van der Waals surface area (Å²) in [6, 6.07) is 26.8. The molecular formula is C43H46Cl2N4O10. The third-order valence-electron chi connectivity index (χ3n) is 10.3. The van der Waals surface area contributed by atoms with Gasteiger partial charge in [-0.3, -0.25) is 24.0 Å². The number of likely N-dealkylation sites (tertiary alicyclic amines) is 1. The first kappa shape index (κ1) is 46.1. The van der Waals surface area contributed by atoms with E-state index in [0.717, 1.165) is 60.8 Å². The van der Waals surface area contributed by atoms with Crippen molar-refractivity contribution in [3.63, 3.8) is 0 Å². The number of aliphatic carboxylic acids is 3. The minimum atomic E-state index is -2.74. The van der Waals surface area contributed by atoms with Crippen LogP contribution in [0.5, 0.6) is 0 Å². The maximum absolute atomic E-state index is 13.9. The largest absolute Gasteiger partial charge is 0.481 e. The number of benzene rings is 4. The molecule has 1 aliphatic rings. The zero-order valence-electron chi connectivity index (χ0n) is 32.8. The van der Waals surface area contributed by atoms with E-state index in [1.807, 2.05) is 73.8 Å². The van der Waals surface area contributed by atoms with Crippen LogP contribution in [0, 0.1) is 11.3 Å². The molecule has 4 aromatic rings. The topological polar surface area (TPSA) is 209 Å². The maximum Gasteiger partial charge on any atom is 0.336 e. The lowest BCUT2D eigenvalue weighted by molar-refractivity contribution is -0.170. The molecule has 4 N–H and O–H groups in total. The molecule has 0 saturated carbocycles. The lowest BCUT2D eigenvalue weighted by Gasteiger charge is -2.34. The number of hydrogen-bond donors (Lipinski definition) is 4. The van der Waals surface area contributed by atoms with Crippen molar-refractivity contribution in [2.24, 2.45) is 0 Å². The van der Waals surface area contributed by atoms with E-state index in [4.69, 9.17) is 48.5 Å². The zero-order chi connectivity index (χ0) is 43.4. The molecule has 0 bridgehead atoms. The number of carboxylic acids is 3. The first-order chi connectivity index (χ1) is 28.0. The second-order valence-electron chi connectivity index (χ2n) is 14.4. The number of carboxylic acid groups (broad SMARTS) is 3. The van der Waals surface area contributed by atoms with Gasteiger partial charge in [0.05, 0.1) is 41.6 Å². The lowest BCUT2D eigenvalue weighted by atomic mass is 9.86. The van der Waals surface area contributed by atoms with Crippen LogP contribution in [-0.4, -0.2) is 118 Å². The molecule has 0 radical (unpaired) electrons. The van der Waals surface area contributed by atoms with Crippen LogP contribution in [0.2, 0.25) is 10.0 Å². The van der Waals surface area contributed by atoms with Gasteiger partial charge in [0.2, 0.25) is 0 Å². The number of halogens is 2. The molecule has 16 heteroatoms. The summed E-state index contributed by atoms with van der Waals surface area (Å²) in [6.07, 6.45) is 0.411. The second kappa shape index (κ2) is 20.9. The van der Waals surface area contributed by atoms with Gasteiger partial charge in [0.1, 0.15) is 0 Å². The Morgan fingerprint density at radius 2 is 1.49 bits per heavy atom. The van der Waals surface area contributed by atoms with E-state index in [2.05, 4.69) is 17.0 Å². The number of likely N-dealkylation sites (N-methyl/N-ethyl adjacent to an activating group) is 1. The van der Waals surface area contributed by atoms with Crippen LogP contribution in [-0.2, 0) is 19.2 Å². The van der Waals surface area contributed by atoms with Crippen molar-refractivity contribution in [2.45, 2.75) is 49.5 Å². The van der Waals surface area contributed by atoms with Crippen LogP contribution in [0.15, 0.2) is 78.9 Å². The first-order valence-corrected chi connectivity index (χ1v) is 19.4. The monoisotopic (exact) mass is 848 g/mol. The van der Waals surface area contributed by atoms with Crippen LogP contribution in [0.1, 0.15) is 81.3 Å². The number of carbonyl (C=O) groups is 5. The van der Waals surface area contributed by atoms with Crippen molar-refractivity contribution in [2.75, 3.05) is 47.4 Å². The SMILES string of the molecule is CON(C)C(=O)c1ccccc1C1CCN(CC[C@H](CN(C)C(=O)c2cc(C#N)cc3ccccc23)c2ccc(Cl)c(Cl)c2)CC1.O=C(O)CC(O)(CC(=O)O)C(=O)O. The van der Waals surface area contributed by atoms with E-state index >= 15 is 0 Å². The Labute approximate surface area is 351 Å². The number of rotatable bonds is 15. The third-order valence-corrected chi connectivity index (χ3v) is 11.1. The fourth-order valence-electron chi connectivity index (χ4n) is 7.12. The van der Waals surface area contributed by atoms with Gasteiger partial charge in [0.25, 0.3) is 11.8 Å². The van der Waals surface area contributed by atoms with Crippen LogP contribution in [0.25, 0.3) is 10.8 Å². The summed E-state index contributed by atoms with van der Waals surface area (Å²) in [5, 5.41) is 47.3. The number of fused-ring (bicyclic) bond motifs is 1. The molecule has 312 valence electrons. The Morgan fingerprint density at radius 3 is 2.08 bits per heavy atom. The Hall–Kier alpha value is -5.56. The fourth-order valence-corrected chi connectivity index (χ4v) is 7.43. The molecule has 0 spiro atoms. The Morgan fingerprint density at radius 1 is 0.864 bits per heavy atom. The summed E-state index contributed by atoms with van der Waals surface area (Å²) >= 11 is 12.7. The molecule has 1 aliphatic heterocycles. The van der Waals surface area contributed by atoms with Gasteiger partial charge in [-0.25, -0.2) is 9.86 Å². The van der Waals surface area contributed by atoms with E-state index in [1.54, 1.807) is 18.0 Å². The molecule has 14 nitrogen and oxygen atoms in total. The normalized spacial score (nSPS) is 13.7. The number of nitrogens with zero attached hydrogens (tertiary/aromatic N) is 4. The Bertz CT molecular complexity index is 2200. The Kier molecular flexibility index (Phi) is 16.4. The molecule has 1 atom stereocenters.